The van der Waals surface area contributed by atoms with Crippen LogP contribution in [0, 0.1) is 10.1 Å². The zero-order valence-electron chi connectivity index (χ0n) is 9.33. The highest BCUT2D eigenvalue weighted by Gasteiger charge is 2.17. The maximum Gasteiger partial charge on any atom is 0.321 e. The van der Waals surface area contributed by atoms with Gasteiger partial charge in [0.2, 0.25) is 4.60 Å². The molecule has 1 heterocycles. The maximum atomic E-state index is 11.1. The summed E-state index contributed by atoms with van der Waals surface area (Å²) < 4.78 is 1.55. The third kappa shape index (κ3) is 2.30. The van der Waals surface area contributed by atoms with Crippen LogP contribution in [0.1, 0.15) is 17.3 Å². The topological polar surface area (TPSA) is 78.0 Å². The largest absolute Gasteiger partial charge is 0.321 e. The van der Waals surface area contributed by atoms with Gasteiger partial charge in [0.1, 0.15) is 6.20 Å². The average molecular weight is 310 g/mol. The Hall–Kier alpha value is -2.02. The molecule has 18 heavy (non-hydrogen) atoms. The van der Waals surface area contributed by atoms with Crippen molar-refractivity contribution < 1.29 is 9.72 Å². The Labute approximate surface area is 111 Å². The van der Waals surface area contributed by atoms with E-state index in [1.165, 1.54) is 17.8 Å². The Kier molecular flexibility index (Phi) is 3.24. The van der Waals surface area contributed by atoms with Crippen LogP contribution in [-0.4, -0.2) is 20.5 Å². The number of rotatable bonds is 3. The molecule has 6 nitrogen and oxygen atoms in total. The molecule has 2 rings (SSSR count). The highest BCUT2D eigenvalue weighted by molar-refractivity contribution is 9.10. The summed E-state index contributed by atoms with van der Waals surface area (Å²) in [6.07, 6.45) is 1.31. The van der Waals surface area contributed by atoms with Gasteiger partial charge in [0.15, 0.2) is 5.78 Å². The Morgan fingerprint density at radius 1 is 1.39 bits per heavy atom. The minimum Gasteiger partial charge on any atom is -0.295 e. The second-order valence-corrected chi connectivity index (χ2v) is 4.36. The Balaban J connectivity index is 2.40. The standard InChI is InChI=1S/C11H8BrN3O3/c1-7(16)8-2-4-9(5-3-8)14-6-10(15(17)18)11(12)13-14/h2-6H,1H3. The molecule has 0 aliphatic rings. The van der Waals surface area contributed by atoms with Gasteiger partial charge in [-0.05, 0) is 47.1 Å². The van der Waals surface area contributed by atoms with Gasteiger partial charge in [0, 0.05) is 5.56 Å². The molecule has 1 aromatic heterocycles. The minimum atomic E-state index is -0.516. The fourth-order valence-electron chi connectivity index (χ4n) is 1.45. The molecule has 0 aliphatic heterocycles. The van der Waals surface area contributed by atoms with E-state index in [1.54, 1.807) is 24.3 Å². The first-order valence-corrected chi connectivity index (χ1v) is 5.79. The molecule has 0 unspecified atom stereocenters. The molecule has 2 aromatic rings. The van der Waals surface area contributed by atoms with Crippen LogP contribution in [-0.2, 0) is 0 Å². The number of nitrogens with zero attached hydrogens (tertiary/aromatic N) is 3. The lowest BCUT2D eigenvalue weighted by molar-refractivity contribution is -0.385. The van der Waals surface area contributed by atoms with E-state index in [4.69, 9.17) is 0 Å². The quantitative estimate of drug-likeness (QED) is 0.496. The second kappa shape index (κ2) is 4.69. The summed E-state index contributed by atoms with van der Waals surface area (Å²) in [5, 5.41) is 14.7. The van der Waals surface area contributed by atoms with E-state index in [-0.39, 0.29) is 16.1 Å². The van der Waals surface area contributed by atoms with Crippen molar-refractivity contribution >= 4 is 27.4 Å². The summed E-state index contributed by atoms with van der Waals surface area (Å²) in [5.41, 5.74) is 1.12. The number of halogens is 1. The number of nitro groups is 1. The molecule has 92 valence electrons. The van der Waals surface area contributed by atoms with Crippen LogP contribution < -0.4 is 0 Å². The van der Waals surface area contributed by atoms with Crippen molar-refractivity contribution in [3.8, 4) is 5.69 Å². The molecular formula is C11H8BrN3O3. The van der Waals surface area contributed by atoms with E-state index in [0.29, 0.717) is 11.3 Å². The monoisotopic (exact) mass is 309 g/mol. The lowest BCUT2D eigenvalue weighted by Crippen LogP contribution is -1.96. The van der Waals surface area contributed by atoms with Crippen molar-refractivity contribution in [2.24, 2.45) is 0 Å². The van der Waals surface area contributed by atoms with Gasteiger partial charge >= 0.3 is 5.69 Å². The van der Waals surface area contributed by atoms with Gasteiger partial charge in [-0.15, -0.1) is 0 Å². The van der Waals surface area contributed by atoms with Gasteiger partial charge in [0.05, 0.1) is 10.6 Å². The summed E-state index contributed by atoms with van der Waals surface area (Å²) in [4.78, 5) is 21.3. The number of carbonyl (C=O) groups excluding carboxylic acids is 1. The minimum absolute atomic E-state index is 0.0332. The molecular weight excluding hydrogens is 302 g/mol. The average Bonchev–Trinajstić information content (AvgIpc) is 2.71. The van der Waals surface area contributed by atoms with Gasteiger partial charge in [-0.25, -0.2) is 4.68 Å². The predicted octanol–water partition coefficient (Wildman–Crippen LogP) is 2.75. The molecule has 0 radical (unpaired) electrons. The molecule has 0 atom stereocenters. The van der Waals surface area contributed by atoms with Crippen LogP contribution in [0.25, 0.3) is 5.69 Å². The molecule has 0 spiro atoms. The maximum absolute atomic E-state index is 11.1. The lowest BCUT2D eigenvalue weighted by Gasteiger charge is -2.01. The van der Waals surface area contributed by atoms with E-state index in [0.717, 1.165) is 0 Å². The Morgan fingerprint density at radius 3 is 2.44 bits per heavy atom. The van der Waals surface area contributed by atoms with E-state index in [9.17, 15) is 14.9 Å². The van der Waals surface area contributed by atoms with Crippen LogP contribution in [0.2, 0.25) is 0 Å². The molecule has 0 aliphatic carbocycles. The number of benzene rings is 1. The van der Waals surface area contributed by atoms with Crippen molar-refractivity contribution in [1.29, 1.82) is 0 Å². The van der Waals surface area contributed by atoms with Crippen LogP contribution in [0.4, 0.5) is 5.69 Å². The fourth-order valence-corrected chi connectivity index (χ4v) is 1.87. The van der Waals surface area contributed by atoms with E-state index in [1.807, 2.05) is 0 Å². The van der Waals surface area contributed by atoms with Crippen molar-refractivity contribution in [2.75, 3.05) is 0 Å². The van der Waals surface area contributed by atoms with E-state index in [2.05, 4.69) is 21.0 Å². The first-order valence-electron chi connectivity index (χ1n) is 5.00. The van der Waals surface area contributed by atoms with Crippen molar-refractivity contribution in [3.05, 3.63) is 50.7 Å². The number of carbonyl (C=O) groups is 1. The fraction of sp³-hybridized carbons (Fsp3) is 0.0909. The lowest BCUT2D eigenvalue weighted by atomic mass is 10.1. The number of hydrogen-bond donors (Lipinski definition) is 0. The third-order valence-corrected chi connectivity index (χ3v) is 2.95. The Bertz CT molecular complexity index is 619. The van der Waals surface area contributed by atoms with Crippen LogP contribution in [0.15, 0.2) is 35.1 Å². The second-order valence-electron chi connectivity index (χ2n) is 3.61. The number of ketones is 1. The molecule has 0 saturated carbocycles. The molecule has 7 heteroatoms. The van der Waals surface area contributed by atoms with E-state index >= 15 is 0 Å². The first kappa shape index (κ1) is 12.4. The molecule has 1 aromatic carbocycles. The smallest absolute Gasteiger partial charge is 0.295 e. The molecule has 0 amide bonds. The third-order valence-electron chi connectivity index (χ3n) is 2.39. The zero-order valence-corrected chi connectivity index (χ0v) is 10.9. The van der Waals surface area contributed by atoms with Crippen LogP contribution in [0.3, 0.4) is 0 Å². The highest BCUT2D eigenvalue weighted by Crippen LogP contribution is 2.24. The van der Waals surface area contributed by atoms with Crippen molar-refractivity contribution in [2.45, 2.75) is 6.92 Å². The highest BCUT2D eigenvalue weighted by atomic mass is 79.9. The van der Waals surface area contributed by atoms with Gasteiger partial charge in [0.25, 0.3) is 0 Å². The first-order chi connectivity index (χ1) is 8.49. The van der Waals surface area contributed by atoms with E-state index < -0.39 is 4.92 Å². The number of Topliss-reactive ketones (excluding diaryl/α,β-unsaturated/α-hetero) is 1. The van der Waals surface area contributed by atoms with Gasteiger partial charge in [-0.2, -0.15) is 5.10 Å². The van der Waals surface area contributed by atoms with Gasteiger partial charge in [-0.1, -0.05) is 0 Å². The van der Waals surface area contributed by atoms with Crippen LogP contribution in [0.5, 0.6) is 0 Å². The summed E-state index contributed by atoms with van der Waals surface area (Å²) in [6, 6.07) is 6.66. The zero-order chi connectivity index (χ0) is 13.3. The summed E-state index contributed by atoms with van der Waals surface area (Å²) in [7, 11) is 0. The molecule has 0 N–H and O–H groups in total. The normalized spacial score (nSPS) is 10.3. The molecule has 0 saturated heterocycles. The number of aromatic nitrogens is 2. The van der Waals surface area contributed by atoms with Crippen molar-refractivity contribution in [3.63, 3.8) is 0 Å². The summed E-state index contributed by atoms with van der Waals surface area (Å²) in [5.74, 6) is -0.0332. The molecule has 0 fully saturated rings. The predicted molar refractivity (Wildman–Crippen MR) is 67.9 cm³/mol. The summed E-state index contributed by atoms with van der Waals surface area (Å²) >= 11 is 3.02. The van der Waals surface area contributed by atoms with Gasteiger partial charge < -0.3 is 0 Å². The van der Waals surface area contributed by atoms with Crippen molar-refractivity contribution in [1.82, 2.24) is 9.78 Å². The van der Waals surface area contributed by atoms with Gasteiger partial charge in [-0.3, -0.25) is 14.9 Å². The molecule has 0 bridgehead atoms. The summed E-state index contributed by atoms with van der Waals surface area (Å²) in [6.45, 7) is 1.48. The van der Waals surface area contributed by atoms with Crippen LogP contribution >= 0.6 is 15.9 Å². The Morgan fingerprint density at radius 2 is 2.00 bits per heavy atom. The number of hydrogen-bond acceptors (Lipinski definition) is 4. The SMILES string of the molecule is CC(=O)c1ccc(-n2cc([N+](=O)[O-])c(Br)n2)cc1.